The fraction of sp³-hybridized carbons (Fsp3) is 0.220. The van der Waals surface area contributed by atoms with Gasteiger partial charge < -0.3 is 20.5 Å². The van der Waals surface area contributed by atoms with Crippen molar-refractivity contribution < 1.29 is 19.4 Å². The van der Waals surface area contributed by atoms with E-state index in [2.05, 4.69) is 59.2 Å². The number of hydrogen-bond acceptors (Lipinski definition) is 5. The van der Waals surface area contributed by atoms with Gasteiger partial charge in [0.05, 0.1) is 6.61 Å². The molecule has 3 N–H and O–H groups in total. The van der Waals surface area contributed by atoms with E-state index in [0.29, 0.717) is 29.3 Å². The smallest absolute Gasteiger partial charge is 0.326 e. The van der Waals surface area contributed by atoms with Gasteiger partial charge in [-0.25, -0.2) is 4.79 Å². The highest BCUT2D eigenvalue weighted by Crippen LogP contribution is 2.37. The Morgan fingerprint density at radius 3 is 2.30 bits per heavy atom. The van der Waals surface area contributed by atoms with Gasteiger partial charge in [0.15, 0.2) is 5.78 Å². The summed E-state index contributed by atoms with van der Waals surface area (Å²) in [5.74, 6) is 0.193. The average Bonchev–Trinajstić information content (AvgIpc) is 3.50. The third-order valence-electron chi connectivity index (χ3n) is 8.79. The monoisotopic (exact) mass is 624 g/mol. The van der Waals surface area contributed by atoms with Crippen LogP contribution in [0.1, 0.15) is 56.9 Å². The number of nitrogens with one attached hydrogen (secondary N) is 2. The maximum Gasteiger partial charge on any atom is 0.326 e. The molecule has 5 aromatic carbocycles. The van der Waals surface area contributed by atoms with Gasteiger partial charge in [-0.2, -0.15) is 0 Å². The Bertz CT molecular complexity index is 1790. The standard InChI is InChI=1S/C41H40N2O4/c44-40(31-12-5-2-6-13-31)37-14-7-8-15-38(37)43-39(41(45)46)27-30-16-21-35(22-17-30)47-25-9-24-42-34-20-23-36-32(18-19-33(36)28-34)26-29-10-3-1-4-11-29/h1-8,10-17,20-23,28,32,39,42-43H,9,18-19,24-27H2,(H,45,46). The number of carbonyl (C=O) groups is 2. The summed E-state index contributed by atoms with van der Waals surface area (Å²) >= 11 is 0. The second-order valence-corrected chi connectivity index (χ2v) is 12.1. The molecule has 6 nitrogen and oxygen atoms in total. The minimum absolute atomic E-state index is 0.158. The lowest BCUT2D eigenvalue weighted by Gasteiger charge is -2.18. The minimum atomic E-state index is -0.991. The third kappa shape index (κ3) is 8.27. The van der Waals surface area contributed by atoms with E-state index < -0.39 is 12.0 Å². The van der Waals surface area contributed by atoms with Gasteiger partial charge in [0.25, 0.3) is 0 Å². The maximum absolute atomic E-state index is 13.1. The lowest BCUT2D eigenvalue weighted by molar-refractivity contribution is -0.137. The number of hydrogen-bond donors (Lipinski definition) is 3. The molecule has 0 saturated heterocycles. The van der Waals surface area contributed by atoms with E-state index in [1.54, 1.807) is 36.4 Å². The normalized spacial score (nSPS) is 14.2. The Labute approximate surface area is 276 Å². The molecule has 0 saturated carbocycles. The molecule has 1 aliphatic rings. The zero-order valence-electron chi connectivity index (χ0n) is 26.4. The fourth-order valence-electron chi connectivity index (χ4n) is 6.32. The molecule has 238 valence electrons. The van der Waals surface area contributed by atoms with Crippen LogP contribution in [0.3, 0.4) is 0 Å². The highest BCUT2D eigenvalue weighted by atomic mass is 16.5. The van der Waals surface area contributed by atoms with Crippen molar-refractivity contribution in [2.24, 2.45) is 0 Å². The first kappa shape index (κ1) is 31.6. The van der Waals surface area contributed by atoms with E-state index >= 15 is 0 Å². The molecular weight excluding hydrogens is 584 g/mol. The predicted molar refractivity (Wildman–Crippen MR) is 188 cm³/mol. The van der Waals surface area contributed by atoms with E-state index in [1.165, 1.54) is 23.1 Å². The number of ether oxygens (including phenoxy) is 1. The van der Waals surface area contributed by atoms with Crippen molar-refractivity contribution >= 4 is 23.1 Å². The van der Waals surface area contributed by atoms with Crippen LogP contribution in [-0.2, 0) is 24.1 Å². The molecule has 6 rings (SSSR count). The Balaban J connectivity index is 0.963. The molecule has 0 bridgehead atoms. The number of carbonyl (C=O) groups excluding carboxylic acids is 1. The molecule has 0 heterocycles. The Kier molecular flexibility index (Phi) is 10.3. The summed E-state index contributed by atoms with van der Waals surface area (Å²) in [6.07, 6.45) is 4.54. The van der Waals surface area contributed by atoms with Gasteiger partial charge in [0, 0.05) is 35.5 Å². The van der Waals surface area contributed by atoms with Crippen molar-refractivity contribution in [1.29, 1.82) is 0 Å². The Morgan fingerprint density at radius 1 is 0.809 bits per heavy atom. The third-order valence-corrected chi connectivity index (χ3v) is 8.79. The summed E-state index contributed by atoms with van der Waals surface area (Å²) < 4.78 is 5.97. The molecule has 5 aromatic rings. The fourth-order valence-corrected chi connectivity index (χ4v) is 6.32. The molecule has 6 heteroatoms. The number of aryl methyl sites for hydroxylation is 1. The molecule has 0 spiro atoms. The van der Waals surface area contributed by atoms with E-state index in [-0.39, 0.29) is 12.2 Å². The van der Waals surface area contributed by atoms with Crippen molar-refractivity contribution in [2.75, 3.05) is 23.8 Å². The highest BCUT2D eigenvalue weighted by Gasteiger charge is 2.23. The van der Waals surface area contributed by atoms with Crippen LogP contribution in [0.4, 0.5) is 11.4 Å². The Morgan fingerprint density at radius 2 is 1.53 bits per heavy atom. The predicted octanol–water partition coefficient (Wildman–Crippen LogP) is 8.18. The zero-order chi connectivity index (χ0) is 32.4. The second-order valence-electron chi connectivity index (χ2n) is 12.1. The zero-order valence-corrected chi connectivity index (χ0v) is 26.4. The van der Waals surface area contributed by atoms with Gasteiger partial charge in [-0.1, -0.05) is 91.0 Å². The van der Waals surface area contributed by atoms with Crippen LogP contribution in [0, 0.1) is 0 Å². The van der Waals surface area contributed by atoms with E-state index in [4.69, 9.17) is 4.74 Å². The molecular formula is C41H40N2O4. The summed E-state index contributed by atoms with van der Waals surface area (Å²) in [4.78, 5) is 25.3. The number of fused-ring (bicyclic) bond motifs is 1. The first-order chi connectivity index (χ1) is 23.0. The second kappa shape index (κ2) is 15.3. The van der Waals surface area contributed by atoms with Crippen molar-refractivity contribution in [3.63, 3.8) is 0 Å². The van der Waals surface area contributed by atoms with Gasteiger partial charge in [0.1, 0.15) is 11.8 Å². The molecule has 0 radical (unpaired) electrons. The summed E-state index contributed by atoms with van der Waals surface area (Å²) in [6.45, 7) is 1.38. The van der Waals surface area contributed by atoms with Crippen LogP contribution in [0.5, 0.6) is 5.75 Å². The summed E-state index contributed by atoms with van der Waals surface area (Å²) in [5, 5.41) is 16.6. The molecule has 0 aromatic heterocycles. The summed E-state index contributed by atoms with van der Waals surface area (Å²) in [7, 11) is 0. The molecule has 2 unspecified atom stereocenters. The molecule has 47 heavy (non-hydrogen) atoms. The van der Waals surface area contributed by atoms with Crippen LogP contribution in [0.25, 0.3) is 0 Å². The number of carboxylic acid groups (broad SMARTS) is 1. The van der Waals surface area contributed by atoms with Gasteiger partial charge in [-0.05, 0) is 90.3 Å². The lowest BCUT2D eigenvalue weighted by Crippen LogP contribution is -2.32. The highest BCUT2D eigenvalue weighted by molar-refractivity contribution is 6.12. The summed E-state index contributed by atoms with van der Waals surface area (Å²) in [5.41, 5.74) is 7.84. The number of carboxylic acids is 1. The number of ketones is 1. The van der Waals surface area contributed by atoms with Gasteiger partial charge in [-0.15, -0.1) is 0 Å². The first-order valence-corrected chi connectivity index (χ1v) is 16.3. The van der Waals surface area contributed by atoms with Crippen LogP contribution >= 0.6 is 0 Å². The van der Waals surface area contributed by atoms with Crippen LogP contribution in [0.2, 0.25) is 0 Å². The molecule has 2 atom stereocenters. The first-order valence-electron chi connectivity index (χ1n) is 16.3. The quantitative estimate of drug-likeness (QED) is 0.0805. The topological polar surface area (TPSA) is 87.7 Å². The van der Waals surface area contributed by atoms with E-state index in [1.807, 2.05) is 42.5 Å². The van der Waals surface area contributed by atoms with Crippen molar-refractivity contribution in [3.05, 3.63) is 161 Å². The molecule has 0 fully saturated rings. The number of aliphatic carboxylic acids is 1. The van der Waals surface area contributed by atoms with Crippen LogP contribution < -0.4 is 15.4 Å². The summed E-state index contributed by atoms with van der Waals surface area (Å²) in [6, 6.07) is 40.2. The Hall–Kier alpha value is -5.36. The van der Waals surface area contributed by atoms with Crippen molar-refractivity contribution in [3.8, 4) is 5.75 Å². The van der Waals surface area contributed by atoms with Crippen molar-refractivity contribution in [1.82, 2.24) is 0 Å². The number of rotatable bonds is 15. The largest absolute Gasteiger partial charge is 0.494 e. The van der Waals surface area contributed by atoms with Crippen molar-refractivity contribution in [2.45, 2.75) is 44.1 Å². The molecule has 0 amide bonds. The lowest BCUT2D eigenvalue weighted by atomic mass is 9.93. The molecule has 0 aliphatic heterocycles. The van der Waals surface area contributed by atoms with E-state index in [0.717, 1.165) is 42.8 Å². The average molecular weight is 625 g/mol. The van der Waals surface area contributed by atoms with Gasteiger partial charge in [-0.3, -0.25) is 4.79 Å². The van der Waals surface area contributed by atoms with E-state index in [9.17, 15) is 14.7 Å². The van der Waals surface area contributed by atoms with Crippen LogP contribution in [-0.4, -0.2) is 36.1 Å². The molecule has 1 aliphatic carbocycles. The maximum atomic E-state index is 13.1. The number of anilines is 2. The number of para-hydroxylation sites is 1. The number of benzene rings is 5. The van der Waals surface area contributed by atoms with Crippen LogP contribution in [0.15, 0.2) is 127 Å². The SMILES string of the molecule is O=C(c1ccccc1)c1ccccc1NC(Cc1ccc(OCCCNc2ccc3c(c2)CCC3Cc2ccccc2)cc1)C(=O)O. The minimum Gasteiger partial charge on any atom is -0.494 e. The van der Waals surface area contributed by atoms with Gasteiger partial charge in [0.2, 0.25) is 0 Å². The van der Waals surface area contributed by atoms with Gasteiger partial charge >= 0.3 is 5.97 Å².